The lowest BCUT2D eigenvalue weighted by Crippen LogP contribution is -2.01. The van der Waals surface area contributed by atoms with Crippen LogP contribution >= 0.6 is 15.9 Å². The first-order valence-electron chi connectivity index (χ1n) is 7.56. The molecule has 1 aromatic heterocycles. The van der Waals surface area contributed by atoms with Gasteiger partial charge in [0, 0.05) is 5.56 Å². The van der Waals surface area contributed by atoms with Crippen LogP contribution in [0.15, 0.2) is 40.9 Å². The van der Waals surface area contributed by atoms with E-state index < -0.39 is 0 Å². The minimum Gasteiger partial charge on any atom is -0.490 e. The molecule has 0 spiro atoms. The zero-order valence-corrected chi connectivity index (χ0v) is 15.0. The van der Waals surface area contributed by atoms with Gasteiger partial charge in [0.25, 0.3) is 0 Å². The number of ether oxygens (including phenoxy) is 2. The Hall–Kier alpha value is -2.41. The van der Waals surface area contributed by atoms with Gasteiger partial charge < -0.3 is 9.47 Å². The van der Waals surface area contributed by atoms with E-state index in [1.165, 1.54) is 5.56 Å². The molecule has 0 unspecified atom stereocenters. The largest absolute Gasteiger partial charge is 0.490 e. The van der Waals surface area contributed by atoms with Crippen LogP contribution in [0.4, 0.5) is 0 Å². The van der Waals surface area contributed by atoms with Crippen LogP contribution in [0.1, 0.15) is 18.1 Å². The van der Waals surface area contributed by atoms with Gasteiger partial charge in [0.15, 0.2) is 11.5 Å². The van der Waals surface area contributed by atoms with Gasteiger partial charge in [-0.2, -0.15) is 5.21 Å². The second-order valence-corrected chi connectivity index (χ2v) is 6.09. The number of hydrogen-bond donors (Lipinski definition) is 1. The van der Waals surface area contributed by atoms with Crippen LogP contribution < -0.4 is 9.47 Å². The van der Waals surface area contributed by atoms with Crippen molar-refractivity contribution in [1.82, 2.24) is 20.6 Å². The number of benzene rings is 2. The molecule has 124 valence electrons. The molecule has 6 nitrogen and oxygen atoms in total. The van der Waals surface area contributed by atoms with E-state index in [-0.39, 0.29) is 0 Å². The normalized spacial score (nSPS) is 10.6. The first kappa shape index (κ1) is 16.4. The van der Waals surface area contributed by atoms with E-state index >= 15 is 0 Å². The van der Waals surface area contributed by atoms with Gasteiger partial charge in [-0.3, -0.25) is 0 Å². The molecular formula is C17H17BrN4O2. The van der Waals surface area contributed by atoms with Crippen molar-refractivity contribution in [2.45, 2.75) is 20.5 Å². The number of tetrazole rings is 1. The molecule has 0 amide bonds. The van der Waals surface area contributed by atoms with E-state index in [9.17, 15) is 0 Å². The molecule has 0 atom stereocenters. The van der Waals surface area contributed by atoms with E-state index in [0.29, 0.717) is 30.5 Å². The SMILES string of the molecule is CCOc1cc(-c2nn[nH]n2)cc(Br)c1OCc1cccc(C)c1. The Morgan fingerprint density at radius 1 is 1.17 bits per heavy atom. The average molecular weight is 389 g/mol. The first-order valence-corrected chi connectivity index (χ1v) is 8.35. The third kappa shape index (κ3) is 3.73. The summed E-state index contributed by atoms with van der Waals surface area (Å²) >= 11 is 3.55. The number of nitrogens with one attached hydrogen (secondary N) is 1. The maximum absolute atomic E-state index is 6.00. The summed E-state index contributed by atoms with van der Waals surface area (Å²) in [5.74, 6) is 1.80. The topological polar surface area (TPSA) is 72.9 Å². The van der Waals surface area contributed by atoms with Crippen molar-refractivity contribution in [3.63, 3.8) is 0 Å². The molecule has 0 aliphatic carbocycles. The molecule has 3 aromatic rings. The molecule has 0 aliphatic heterocycles. The van der Waals surface area contributed by atoms with Crippen LogP contribution in [0.3, 0.4) is 0 Å². The lowest BCUT2D eigenvalue weighted by Gasteiger charge is -2.15. The van der Waals surface area contributed by atoms with Crippen molar-refractivity contribution in [3.05, 3.63) is 52.0 Å². The molecule has 0 bridgehead atoms. The van der Waals surface area contributed by atoms with Gasteiger partial charge in [-0.05, 0) is 52.7 Å². The highest BCUT2D eigenvalue weighted by atomic mass is 79.9. The predicted molar refractivity (Wildman–Crippen MR) is 94.0 cm³/mol. The fourth-order valence-electron chi connectivity index (χ4n) is 2.34. The van der Waals surface area contributed by atoms with E-state index in [2.05, 4.69) is 55.6 Å². The Morgan fingerprint density at radius 2 is 2.04 bits per heavy atom. The van der Waals surface area contributed by atoms with Crippen LogP contribution in [0.5, 0.6) is 11.5 Å². The molecule has 0 aliphatic rings. The number of halogens is 1. The highest BCUT2D eigenvalue weighted by Gasteiger charge is 2.15. The average Bonchev–Trinajstić information content (AvgIpc) is 3.09. The Morgan fingerprint density at radius 3 is 2.75 bits per heavy atom. The van der Waals surface area contributed by atoms with Crippen molar-refractivity contribution < 1.29 is 9.47 Å². The second kappa shape index (κ2) is 7.44. The van der Waals surface area contributed by atoms with Crippen molar-refractivity contribution in [2.75, 3.05) is 6.61 Å². The van der Waals surface area contributed by atoms with Crippen molar-refractivity contribution in [2.24, 2.45) is 0 Å². The monoisotopic (exact) mass is 388 g/mol. The summed E-state index contributed by atoms with van der Waals surface area (Å²) in [4.78, 5) is 0. The summed E-state index contributed by atoms with van der Waals surface area (Å²) in [5.41, 5.74) is 3.10. The zero-order chi connectivity index (χ0) is 16.9. The fourth-order valence-corrected chi connectivity index (χ4v) is 2.90. The highest BCUT2D eigenvalue weighted by molar-refractivity contribution is 9.10. The number of aromatic amines is 1. The zero-order valence-electron chi connectivity index (χ0n) is 13.4. The van der Waals surface area contributed by atoms with E-state index in [1.807, 2.05) is 31.2 Å². The summed E-state index contributed by atoms with van der Waals surface area (Å²) in [6.45, 7) is 4.98. The Bertz CT molecular complexity index is 821. The molecule has 24 heavy (non-hydrogen) atoms. The fraction of sp³-hybridized carbons (Fsp3) is 0.235. The third-order valence-corrected chi connectivity index (χ3v) is 3.97. The molecule has 0 fully saturated rings. The molecule has 7 heteroatoms. The lowest BCUT2D eigenvalue weighted by atomic mass is 10.1. The van der Waals surface area contributed by atoms with Crippen molar-refractivity contribution in [1.29, 1.82) is 0 Å². The molecular weight excluding hydrogens is 372 g/mol. The number of aromatic nitrogens is 4. The van der Waals surface area contributed by atoms with Gasteiger partial charge in [-0.1, -0.05) is 29.8 Å². The Kier molecular flexibility index (Phi) is 5.10. The highest BCUT2D eigenvalue weighted by Crippen LogP contribution is 2.39. The molecule has 2 aromatic carbocycles. The maximum Gasteiger partial charge on any atom is 0.204 e. The van der Waals surface area contributed by atoms with Crippen LogP contribution in [-0.2, 0) is 6.61 Å². The standard InChI is InChI=1S/C17H17BrN4O2/c1-3-23-15-9-13(17-19-21-22-20-17)8-14(18)16(15)24-10-12-6-4-5-11(2)7-12/h4-9H,3,10H2,1-2H3,(H,19,20,21,22). The third-order valence-electron chi connectivity index (χ3n) is 3.38. The number of hydrogen-bond acceptors (Lipinski definition) is 5. The van der Waals surface area contributed by atoms with Gasteiger partial charge in [0.1, 0.15) is 6.61 Å². The second-order valence-electron chi connectivity index (χ2n) is 5.23. The quantitative estimate of drug-likeness (QED) is 0.692. The predicted octanol–water partition coefficient (Wildman–Crippen LogP) is 3.92. The molecule has 0 saturated heterocycles. The Labute approximate surface area is 148 Å². The van der Waals surface area contributed by atoms with Gasteiger partial charge in [-0.25, -0.2) is 0 Å². The van der Waals surface area contributed by atoms with Crippen LogP contribution in [-0.4, -0.2) is 27.2 Å². The minimum atomic E-state index is 0.460. The van der Waals surface area contributed by atoms with Gasteiger partial charge in [0.05, 0.1) is 11.1 Å². The molecule has 0 saturated carbocycles. The van der Waals surface area contributed by atoms with E-state index in [0.717, 1.165) is 15.6 Å². The van der Waals surface area contributed by atoms with Gasteiger partial charge in [-0.15, -0.1) is 10.2 Å². The summed E-state index contributed by atoms with van der Waals surface area (Å²) < 4.78 is 12.5. The summed E-state index contributed by atoms with van der Waals surface area (Å²) in [7, 11) is 0. The first-order chi connectivity index (χ1) is 11.7. The smallest absolute Gasteiger partial charge is 0.204 e. The summed E-state index contributed by atoms with van der Waals surface area (Å²) in [6.07, 6.45) is 0. The van der Waals surface area contributed by atoms with E-state index in [1.54, 1.807) is 0 Å². The number of nitrogens with zero attached hydrogens (tertiary/aromatic N) is 3. The van der Waals surface area contributed by atoms with Crippen LogP contribution in [0.2, 0.25) is 0 Å². The molecule has 0 radical (unpaired) electrons. The molecule has 1 heterocycles. The van der Waals surface area contributed by atoms with Gasteiger partial charge >= 0.3 is 0 Å². The van der Waals surface area contributed by atoms with E-state index in [4.69, 9.17) is 9.47 Å². The van der Waals surface area contributed by atoms with Crippen molar-refractivity contribution >= 4 is 15.9 Å². The maximum atomic E-state index is 6.00. The summed E-state index contributed by atoms with van der Waals surface area (Å²) in [5, 5.41) is 14.0. The number of H-pyrrole nitrogens is 1. The van der Waals surface area contributed by atoms with Crippen molar-refractivity contribution in [3.8, 4) is 22.9 Å². The molecule has 1 N–H and O–H groups in total. The van der Waals surface area contributed by atoms with Crippen LogP contribution in [0, 0.1) is 6.92 Å². The number of rotatable bonds is 6. The molecule has 3 rings (SSSR count). The summed E-state index contributed by atoms with van der Waals surface area (Å²) in [6, 6.07) is 12.0. The van der Waals surface area contributed by atoms with Crippen LogP contribution in [0.25, 0.3) is 11.4 Å². The lowest BCUT2D eigenvalue weighted by molar-refractivity contribution is 0.267. The van der Waals surface area contributed by atoms with Gasteiger partial charge in [0.2, 0.25) is 5.82 Å². The minimum absolute atomic E-state index is 0.460. The Balaban J connectivity index is 1.88. The number of aryl methyl sites for hydroxylation is 1.